The second-order valence-electron chi connectivity index (χ2n) is 6.75. The average Bonchev–Trinajstić information content (AvgIpc) is 3.26. The molecule has 1 N–H and O–H groups in total. The van der Waals surface area contributed by atoms with Gasteiger partial charge in [-0.25, -0.2) is 4.68 Å². The first-order valence-corrected chi connectivity index (χ1v) is 9.37. The van der Waals surface area contributed by atoms with Crippen LogP contribution in [-0.4, -0.2) is 40.6 Å². The molecule has 0 spiro atoms. The van der Waals surface area contributed by atoms with Crippen LogP contribution >= 0.6 is 0 Å². The van der Waals surface area contributed by atoms with Crippen LogP contribution in [0.15, 0.2) is 55.0 Å². The number of rotatable bonds is 8. The van der Waals surface area contributed by atoms with E-state index in [0.717, 1.165) is 11.3 Å². The molecule has 0 bridgehead atoms. The summed E-state index contributed by atoms with van der Waals surface area (Å²) in [5.41, 5.74) is 2.00. The third-order valence-electron chi connectivity index (χ3n) is 4.34. The minimum absolute atomic E-state index is 0.00367. The predicted octanol–water partition coefficient (Wildman–Crippen LogP) is 3.64. The Balaban J connectivity index is 1.59. The normalized spacial score (nSPS) is 12.3. The number of amides is 1. The number of aromatic nitrogens is 3. The van der Waals surface area contributed by atoms with E-state index in [1.54, 1.807) is 43.2 Å². The van der Waals surface area contributed by atoms with Crippen molar-refractivity contribution in [1.29, 1.82) is 0 Å². The lowest BCUT2D eigenvalue weighted by Crippen LogP contribution is -2.28. The van der Waals surface area contributed by atoms with E-state index in [1.807, 2.05) is 12.1 Å². The van der Waals surface area contributed by atoms with Gasteiger partial charge < -0.3 is 14.8 Å². The van der Waals surface area contributed by atoms with Gasteiger partial charge in [0.15, 0.2) is 6.61 Å². The summed E-state index contributed by atoms with van der Waals surface area (Å²) in [5, 5.41) is 6.99. The minimum atomic E-state index is -4.42. The minimum Gasteiger partial charge on any atom is -0.494 e. The van der Waals surface area contributed by atoms with Crippen molar-refractivity contribution in [2.45, 2.75) is 25.6 Å². The molecule has 164 valence electrons. The molecule has 0 aliphatic heterocycles. The van der Waals surface area contributed by atoms with Crippen LogP contribution in [0.5, 0.6) is 11.5 Å². The second kappa shape index (κ2) is 9.50. The van der Waals surface area contributed by atoms with E-state index in [-0.39, 0.29) is 18.1 Å². The molecule has 1 aromatic carbocycles. The van der Waals surface area contributed by atoms with E-state index in [9.17, 15) is 18.0 Å². The lowest BCUT2D eigenvalue weighted by Gasteiger charge is -2.15. The monoisotopic (exact) mass is 434 g/mol. The highest BCUT2D eigenvalue weighted by molar-refractivity contribution is 5.79. The predicted molar refractivity (Wildman–Crippen MR) is 106 cm³/mol. The maximum atomic E-state index is 12.4. The van der Waals surface area contributed by atoms with Gasteiger partial charge in [0.1, 0.15) is 17.2 Å². The first-order chi connectivity index (χ1) is 14.7. The van der Waals surface area contributed by atoms with E-state index in [4.69, 9.17) is 4.74 Å². The molecule has 2 aromatic heterocycles. The molecule has 7 nitrogen and oxygen atoms in total. The number of nitrogens with zero attached hydrogens (tertiary/aromatic N) is 3. The van der Waals surface area contributed by atoms with Crippen LogP contribution in [0.25, 0.3) is 5.69 Å². The van der Waals surface area contributed by atoms with Gasteiger partial charge in [0, 0.05) is 12.4 Å². The molecule has 0 radical (unpaired) electrons. The summed E-state index contributed by atoms with van der Waals surface area (Å²) in [5.74, 6) is 0.350. The first-order valence-electron chi connectivity index (χ1n) is 9.37. The molecule has 1 atom stereocenters. The summed E-state index contributed by atoms with van der Waals surface area (Å²) < 4.78 is 48.3. The van der Waals surface area contributed by atoms with Crippen molar-refractivity contribution in [3.63, 3.8) is 0 Å². The van der Waals surface area contributed by atoms with Gasteiger partial charge in [-0.3, -0.25) is 9.78 Å². The Hall–Kier alpha value is -3.56. The van der Waals surface area contributed by atoms with Gasteiger partial charge in [-0.15, -0.1) is 0 Å². The molecule has 3 aromatic rings. The number of alkyl halides is 3. The Bertz CT molecular complexity index is 1010. The van der Waals surface area contributed by atoms with E-state index in [1.165, 1.54) is 18.3 Å². The highest BCUT2D eigenvalue weighted by atomic mass is 19.4. The van der Waals surface area contributed by atoms with Gasteiger partial charge in [0.05, 0.1) is 31.5 Å². The van der Waals surface area contributed by atoms with Crippen molar-refractivity contribution in [1.82, 2.24) is 20.1 Å². The summed E-state index contributed by atoms with van der Waals surface area (Å²) in [4.78, 5) is 16.5. The topological polar surface area (TPSA) is 78.3 Å². The number of hydrogen-bond acceptors (Lipinski definition) is 5. The number of ether oxygens (including phenoxy) is 2. The molecule has 3 rings (SSSR count). The highest BCUT2D eigenvalue weighted by Gasteiger charge is 2.28. The van der Waals surface area contributed by atoms with Gasteiger partial charge in [-0.1, -0.05) is 6.07 Å². The Labute approximate surface area is 176 Å². The summed E-state index contributed by atoms with van der Waals surface area (Å²) in [6, 6.07) is 9.66. The Kier molecular flexibility index (Phi) is 6.78. The highest BCUT2D eigenvalue weighted by Crippen LogP contribution is 2.24. The summed E-state index contributed by atoms with van der Waals surface area (Å²) >= 11 is 0. The number of carbonyl (C=O) groups excluding carboxylic acids is 1. The molecule has 2 heterocycles. The van der Waals surface area contributed by atoms with Crippen LogP contribution < -0.4 is 14.8 Å². The molecule has 0 saturated carbocycles. The summed E-state index contributed by atoms with van der Waals surface area (Å²) in [6.07, 6.45) is 0.345. The largest absolute Gasteiger partial charge is 0.494 e. The van der Waals surface area contributed by atoms with Crippen molar-refractivity contribution in [3.05, 3.63) is 66.2 Å². The second-order valence-corrected chi connectivity index (χ2v) is 6.75. The number of pyridine rings is 1. The lowest BCUT2D eigenvalue weighted by molar-refractivity contribution is -0.153. The molecule has 0 aliphatic rings. The summed E-state index contributed by atoms with van der Waals surface area (Å²) in [6.45, 7) is 0.348. The molecular weight excluding hydrogens is 413 g/mol. The molecule has 0 saturated heterocycles. The number of carbonyl (C=O) groups is 1. The maximum absolute atomic E-state index is 12.4. The van der Waals surface area contributed by atoms with Gasteiger partial charge in [0.25, 0.3) is 0 Å². The average molecular weight is 434 g/mol. The van der Waals surface area contributed by atoms with E-state index < -0.39 is 18.8 Å². The zero-order valence-electron chi connectivity index (χ0n) is 16.9. The fourth-order valence-electron chi connectivity index (χ4n) is 2.88. The molecule has 0 unspecified atom stereocenters. The Morgan fingerprint density at radius 2 is 2.06 bits per heavy atom. The van der Waals surface area contributed by atoms with Crippen molar-refractivity contribution >= 4 is 5.91 Å². The van der Waals surface area contributed by atoms with Crippen molar-refractivity contribution in [3.8, 4) is 17.2 Å². The Morgan fingerprint density at radius 1 is 1.26 bits per heavy atom. The SMILES string of the molecule is COc1cc(CC(=O)N[C@H](C)c2ccc(OCC(F)(F)F)cn2)ccc1-n1cccn1. The molecule has 0 fully saturated rings. The third kappa shape index (κ3) is 6.21. The number of nitrogens with one attached hydrogen (secondary N) is 1. The van der Waals surface area contributed by atoms with E-state index in [0.29, 0.717) is 11.4 Å². The smallest absolute Gasteiger partial charge is 0.422 e. The van der Waals surface area contributed by atoms with E-state index in [2.05, 4.69) is 20.1 Å². The van der Waals surface area contributed by atoms with Gasteiger partial charge in [-0.05, 0) is 42.8 Å². The van der Waals surface area contributed by atoms with Gasteiger partial charge in [-0.2, -0.15) is 18.3 Å². The zero-order valence-corrected chi connectivity index (χ0v) is 16.9. The first kappa shape index (κ1) is 22.1. The number of hydrogen-bond donors (Lipinski definition) is 1. The third-order valence-corrected chi connectivity index (χ3v) is 4.34. The van der Waals surface area contributed by atoms with Crippen LogP contribution in [0, 0.1) is 0 Å². The number of halogens is 3. The van der Waals surface area contributed by atoms with E-state index >= 15 is 0 Å². The summed E-state index contributed by atoms with van der Waals surface area (Å²) in [7, 11) is 1.54. The molecule has 10 heteroatoms. The van der Waals surface area contributed by atoms with Crippen molar-refractivity contribution in [2.24, 2.45) is 0 Å². The maximum Gasteiger partial charge on any atom is 0.422 e. The fraction of sp³-hybridized carbons (Fsp3) is 0.286. The molecule has 1 amide bonds. The van der Waals surface area contributed by atoms with Crippen LogP contribution in [-0.2, 0) is 11.2 Å². The molecule has 31 heavy (non-hydrogen) atoms. The lowest BCUT2D eigenvalue weighted by atomic mass is 10.1. The van der Waals surface area contributed by atoms with Crippen molar-refractivity contribution < 1.29 is 27.4 Å². The standard InChI is InChI=1S/C21H21F3N4O3/c1-14(17-6-5-16(12-25-17)31-13-21(22,23)24)27-20(29)11-15-4-7-18(19(10-15)30-2)28-9-3-8-26-28/h3-10,12,14H,11,13H2,1-2H3,(H,27,29)/t14-/m1/s1. The van der Waals surface area contributed by atoms with Gasteiger partial charge >= 0.3 is 6.18 Å². The zero-order chi connectivity index (χ0) is 22.4. The Morgan fingerprint density at radius 3 is 2.68 bits per heavy atom. The van der Waals surface area contributed by atoms with Crippen LogP contribution in [0.3, 0.4) is 0 Å². The van der Waals surface area contributed by atoms with Crippen LogP contribution in [0.4, 0.5) is 13.2 Å². The molecular formula is C21H21F3N4O3. The van der Waals surface area contributed by atoms with Crippen LogP contribution in [0.2, 0.25) is 0 Å². The quantitative estimate of drug-likeness (QED) is 0.586. The number of methoxy groups -OCH3 is 1. The van der Waals surface area contributed by atoms with Gasteiger partial charge in [0.2, 0.25) is 5.91 Å². The number of benzene rings is 1. The van der Waals surface area contributed by atoms with Crippen LogP contribution in [0.1, 0.15) is 24.2 Å². The molecule has 0 aliphatic carbocycles. The fourth-order valence-corrected chi connectivity index (χ4v) is 2.88. The van der Waals surface area contributed by atoms with Crippen molar-refractivity contribution in [2.75, 3.05) is 13.7 Å².